The van der Waals surface area contributed by atoms with Crippen LogP contribution in [0.25, 0.3) is 5.69 Å². The average Bonchev–Trinajstić information content (AvgIpc) is 2.85. The van der Waals surface area contributed by atoms with Gasteiger partial charge in [-0.2, -0.15) is 0 Å². The highest BCUT2D eigenvalue weighted by Gasteiger charge is 2.09. The molecule has 0 N–H and O–H groups in total. The third-order valence-electron chi connectivity index (χ3n) is 2.10. The van der Waals surface area contributed by atoms with E-state index in [-0.39, 0.29) is 11.7 Å². The minimum atomic E-state index is -0.280. The molecule has 0 bridgehead atoms. The van der Waals surface area contributed by atoms with Crippen molar-refractivity contribution in [1.82, 2.24) is 14.8 Å². The molecule has 17 heavy (non-hydrogen) atoms. The van der Waals surface area contributed by atoms with Crippen LogP contribution < -0.4 is 0 Å². The molecule has 88 valence electrons. The summed E-state index contributed by atoms with van der Waals surface area (Å²) >= 11 is 1.30. The molecule has 1 heterocycles. The van der Waals surface area contributed by atoms with Crippen molar-refractivity contribution in [2.24, 2.45) is 0 Å². The molecule has 2 aromatic rings. The summed E-state index contributed by atoms with van der Waals surface area (Å²) in [5, 5.41) is 8.48. The maximum atomic E-state index is 11.1. The number of benzene rings is 1. The Labute approximate surface area is 103 Å². The number of rotatable bonds is 4. The molecule has 0 atom stereocenters. The first-order valence-corrected chi connectivity index (χ1v) is 5.95. The van der Waals surface area contributed by atoms with Crippen molar-refractivity contribution in [2.45, 2.75) is 5.16 Å². The van der Waals surface area contributed by atoms with Crippen LogP contribution in [0.2, 0.25) is 0 Å². The van der Waals surface area contributed by atoms with Crippen molar-refractivity contribution in [2.75, 3.05) is 12.9 Å². The van der Waals surface area contributed by atoms with E-state index in [1.807, 2.05) is 34.9 Å². The topological polar surface area (TPSA) is 57.0 Å². The van der Waals surface area contributed by atoms with E-state index in [2.05, 4.69) is 14.9 Å². The molecule has 1 aromatic carbocycles. The van der Waals surface area contributed by atoms with Gasteiger partial charge in [0.05, 0.1) is 12.9 Å². The zero-order chi connectivity index (χ0) is 12.1. The summed E-state index contributed by atoms with van der Waals surface area (Å²) in [7, 11) is 1.37. The molecular weight excluding hydrogens is 238 g/mol. The molecule has 5 nitrogen and oxygen atoms in total. The van der Waals surface area contributed by atoms with Crippen LogP contribution in [0.5, 0.6) is 0 Å². The Morgan fingerprint density at radius 1 is 1.41 bits per heavy atom. The van der Waals surface area contributed by atoms with Gasteiger partial charge in [0.25, 0.3) is 0 Å². The van der Waals surface area contributed by atoms with Crippen LogP contribution in [0.4, 0.5) is 0 Å². The Bertz CT molecular complexity index is 498. The predicted octanol–water partition coefficient (Wildman–Crippen LogP) is 1.53. The second-order valence-electron chi connectivity index (χ2n) is 3.18. The monoisotopic (exact) mass is 249 g/mol. The molecule has 1 aromatic heterocycles. The summed E-state index contributed by atoms with van der Waals surface area (Å²) in [6.07, 6.45) is 1.62. The Morgan fingerprint density at radius 3 is 2.88 bits per heavy atom. The lowest BCUT2D eigenvalue weighted by Gasteiger charge is -2.04. The summed E-state index contributed by atoms with van der Waals surface area (Å²) in [5.41, 5.74) is 0.963. The van der Waals surface area contributed by atoms with Gasteiger partial charge in [-0.05, 0) is 12.1 Å². The number of hydrogen-bond acceptors (Lipinski definition) is 5. The largest absolute Gasteiger partial charge is 0.468 e. The second kappa shape index (κ2) is 5.49. The number of nitrogens with zero attached hydrogens (tertiary/aromatic N) is 3. The van der Waals surface area contributed by atoms with E-state index < -0.39 is 0 Å². The van der Waals surface area contributed by atoms with E-state index in [9.17, 15) is 4.79 Å². The molecule has 0 amide bonds. The average molecular weight is 249 g/mol. The fourth-order valence-electron chi connectivity index (χ4n) is 1.27. The molecule has 6 heteroatoms. The fourth-order valence-corrected chi connectivity index (χ4v) is 2.03. The first-order chi connectivity index (χ1) is 8.31. The Balaban J connectivity index is 2.15. The number of methoxy groups -OCH3 is 1. The van der Waals surface area contributed by atoms with Crippen molar-refractivity contribution >= 4 is 17.7 Å². The molecule has 0 saturated carbocycles. The van der Waals surface area contributed by atoms with Gasteiger partial charge in [-0.1, -0.05) is 30.0 Å². The first-order valence-electron chi connectivity index (χ1n) is 4.96. The van der Waals surface area contributed by atoms with Gasteiger partial charge in [0, 0.05) is 5.69 Å². The van der Waals surface area contributed by atoms with Crippen LogP contribution in [-0.2, 0) is 9.53 Å². The van der Waals surface area contributed by atoms with Crippen molar-refractivity contribution in [1.29, 1.82) is 0 Å². The fraction of sp³-hybridized carbons (Fsp3) is 0.182. The molecule has 0 spiro atoms. The van der Waals surface area contributed by atoms with Gasteiger partial charge in [-0.15, -0.1) is 10.2 Å². The van der Waals surface area contributed by atoms with E-state index in [0.717, 1.165) is 5.69 Å². The van der Waals surface area contributed by atoms with Crippen LogP contribution in [0.1, 0.15) is 0 Å². The molecule has 2 rings (SSSR count). The maximum absolute atomic E-state index is 11.1. The molecule has 0 aliphatic heterocycles. The van der Waals surface area contributed by atoms with Gasteiger partial charge in [-0.3, -0.25) is 9.36 Å². The Hall–Kier alpha value is -1.82. The zero-order valence-corrected chi connectivity index (χ0v) is 10.1. The second-order valence-corrected chi connectivity index (χ2v) is 4.13. The van der Waals surface area contributed by atoms with Crippen LogP contribution in [-0.4, -0.2) is 33.6 Å². The highest BCUT2D eigenvalue weighted by Crippen LogP contribution is 2.19. The molecular formula is C11H11N3O2S. The van der Waals surface area contributed by atoms with Crippen molar-refractivity contribution in [3.8, 4) is 5.69 Å². The Kier molecular flexibility index (Phi) is 3.77. The standard InChI is InChI=1S/C11H11N3O2S/c1-16-10(15)7-17-11-13-12-8-14(11)9-5-3-2-4-6-9/h2-6,8H,7H2,1H3. The SMILES string of the molecule is COC(=O)CSc1nncn1-c1ccccc1. The van der Waals surface area contributed by atoms with E-state index in [1.165, 1.54) is 18.9 Å². The number of carbonyl (C=O) groups is 1. The first kappa shape index (κ1) is 11.7. The lowest BCUT2D eigenvalue weighted by Crippen LogP contribution is -2.04. The summed E-state index contributed by atoms with van der Waals surface area (Å²) < 4.78 is 6.40. The van der Waals surface area contributed by atoms with Gasteiger partial charge in [0.15, 0.2) is 5.16 Å². The van der Waals surface area contributed by atoms with Gasteiger partial charge in [0.1, 0.15) is 6.33 Å². The highest BCUT2D eigenvalue weighted by molar-refractivity contribution is 7.99. The van der Waals surface area contributed by atoms with Crippen molar-refractivity contribution < 1.29 is 9.53 Å². The summed E-state index contributed by atoms with van der Waals surface area (Å²) in [5.74, 6) is -0.0558. The minimum Gasteiger partial charge on any atom is -0.468 e. The maximum Gasteiger partial charge on any atom is 0.316 e. The van der Waals surface area contributed by atoms with E-state index in [4.69, 9.17) is 0 Å². The van der Waals surface area contributed by atoms with E-state index in [0.29, 0.717) is 5.16 Å². The number of aromatic nitrogens is 3. The van der Waals surface area contributed by atoms with Gasteiger partial charge in [-0.25, -0.2) is 0 Å². The van der Waals surface area contributed by atoms with Crippen LogP contribution >= 0.6 is 11.8 Å². The molecule has 0 unspecified atom stereocenters. The lowest BCUT2D eigenvalue weighted by atomic mass is 10.3. The summed E-state index contributed by atoms with van der Waals surface area (Å²) in [6.45, 7) is 0. The van der Waals surface area contributed by atoms with Gasteiger partial charge >= 0.3 is 5.97 Å². The third-order valence-corrected chi connectivity index (χ3v) is 3.01. The Morgan fingerprint density at radius 2 is 2.18 bits per heavy atom. The quantitative estimate of drug-likeness (QED) is 0.607. The molecule has 0 aliphatic carbocycles. The summed E-state index contributed by atoms with van der Waals surface area (Å²) in [4.78, 5) is 11.1. The van der Waals surface area contributed by atoms with Gasteiger partial charge in [0.2, 0.25) is 0 Å². The van der Waals surface area contributed by atoms with Crippen LogP contribution in [0, 0.1) is 0 Å². The summed E-state index contributed by atoms with van der Waals surface area (Å²) in [6, 6.07) is 9.71. The number of para-hydroxylation sites is 1. The lowest BCUT2D eigenvalue weighted by molar-refractivity contribution is -0.137. The smallest absolute Gasteiger partial charge is 0.316 e. The minimum absolute atomic E-state index is 0.224. The van der Waals surface area contributed by atoms with Crippen molar-refractivity contribution in [3.63, 3.8) is 0 Å². The van der Waals surface area contributed by atoms with Crippen LogP contribution in [0.3, 0.4) is 0 Å². The highest BCUT2D eigenvalue weighted by atomic mass is 32.2. The molecule has 0 aliphatic rings. The van der Waals surface area contributed by atoms with E-state index >= 15 is 0 Å². The number of thioether (sulfide) groups is 1. The number of ether oxygens (including phenoxy) is 1. The van der Waals surface area contributed by atoms with Crippen molar-refractivity contribution in [3.05, 3.63) is 36.7 Å². The number of esters is 1. The third kappa shape index (κ3) is 2.85. The molecule has 0 fully saturated rings. The number of carbonyl (C=O) groups excluding carboxylic acids is 1. The zero-order valence-electron chi connectivity index (χ0n) is 9.24. The predicted molar refractivity (Wildman–Crippen MR) is 64.1 cm³/mol. The van der Waals surface area contributed by atoms with E-state index in [1.54, 1.807) is 6.33 Å². The van der Waals surface area contributed by atoms with Gasteiger partial charge < -0.3 is 4.74 Å². The normalized spacial score (nSPS) is 10.2. The van der Waals surface area contributed by atoms with Crippen LogP contribution in [0.15, 0.2) is 41.8 Å². The molecule has 0 radical (unpaired) electrons. The molecule has 0 saturated heterocycles. The number of hydrogen-bond donors (Lipinski definition) is 0.